The molecule has 0 bridgehead atoms. The summed E-state index contributed by atoms with van der Waals surface area (Å²) >= 11 is 0. The quantitative estimate of drug-likeness (QED) is 0.391. The van der Waals surface area contributed by atoms with Gasteiger partial charge in [-0.05, 0) is 24.3 Å². The van der Waals surface area contributed by atoms with Crippen molar-refractivity contribution in [2.75, 3.05) is 20.8 Å². The van der Waals surface area contributed by atoms with Crippen LogP contribution in [0.4, 0.5) is 0 Å². The molecule has 0 saturated heterocycles. The molecule has 10 heteroatoms. The molecule has 2 heterocycles. The van der Waals surface area contributed by atoms with Gasteiger partial charge in [-0.3, -0.25) is 9.59 Å². The van der Waals surface area contributed by atoms with Crippen LogP contribution in [0.5, 0.6) is 11.5 Å². The SMILES string of the molecule is C=CCn1c(=O)cnc2ccc(OC)cc21.COc1ccc2ncc(=O)n(CC(O)CO)c2c1. The van der Waals surface area contributed by atoms with Crippen LogP contribution >= 0.6 is 0 Å². The number of aliphatic hydroxyl groups excluding tert-OH is 2. The van der Waals surface area contributed by atoms with Gasteiger partial charge in [-0.25, -0.2) is 9.97 Å². The third-order valence-electron chi connectivity index (χ3n) is 5.02. The summed E-state index contributed by atoms with van der Waals surface area (Å²) in [5.74, 6) is 1.31. The second-order valence-electron chi connectivity index (χ2n) is 7.25. The van der Waals surface area contributed by atoms with Crippen molar-refractivity contribution in [2.45, 2.75) is 19.2 Å². The number of methoxy groups -OCH3 is 2. The summed E-state index contributed by atoms with van der Waals surface area (Å²) in [6.45, 7) is 3.71. The molecule has 0 amide bonds. The molecular weight excluding hydrogens is 440 g/mol. The van der Waals surface area contributed by atoms with Crippen LogP contribution in [0.3, 0.4) is 0 Å². The van der Waals surface area contributed by atoms with E-state index in [1.807, 2.05) is 12.1 Å². The number of hydrogen-bond acceptors (Lipinski definition) is 8. The lowest BCUT2D eigenvalue weighted by molar-refractivity contribution is 0.0814. The Morgan fingerprint density at radius 1 is 0.941 bits per heavy atom. The van der Waals surface area contributed by atoms with Crippen molar-refractivity contribution in [3.8, 4) is 11.5 Å². The molecular formula is C24H26N4O6. The Balaban J connectivity index is 0.000000192. The van der Waals surface area contributed by atoms with Gasteiger partial charge in [-0.2, -0.15) is 0 Å². The molecule has 34 heavy (non-hydrogen) atoms. The van der Waals surface area contributed by atoms with Crippen LogP contribution in [0.1, 0.15) is 0 Å². The Morgan fingerprint density at radius 2 is 1.44 bits per heavy atom. The lowest BCUT2D eigenvalue weighted by Crippen LogP contribution is -2.28. The summed E-state index contributed by atoms with van der Waals surface area (Å²) < 4.78 is 13.2. The van der Waals surface area contributed by atoms with Crippen molar-refractivity contribution in [2.24, 2.45) is 0 Å². The maximum atomic E-state index is 11.8. The molecule has 2 N–H and O–H groups in total. The molecule has 0 aliphatic carbocycles. The molecule has 0 fully saturated rings. The predicted molar refractivity (Wildman–Crippen MR) is 128 cm³/mol. The van der Waals surface area contributed by atoms with Gasteiger partial charge in [0, 0.05) is 18.7 Å². The number of fused-ring (bicyclic) bond motifs is 2. The first-order chi connectivity index (χ1) is 16.4. The molecule has 178 valence electrons. The number of aromatic nitrogens is 4. The molecule has 4 aromatic rings. The highest BCUT2D eigenvalue weighted by atomic mass is 16.5. The lowest BCUT2D eigenvalue weighted by atomic mass is 10.2. The Labute approximate surface area is 195 Å². The summed E-state index contributed by atoms with van der Waals surface area (Å²) in [4.78, 5) is 31.5. The zero-order valence-corrected chi connectivity index (χ0v) is 18.9. The van der Waals surface area contributed by atoms with Gasteiger partial charge in [0.25, 0.3) is 11.1 Å². The number of aliphatic hydroxyl groups is 2. The van der Waals surface area contributed by atoms with E-state index in [0.29, 0.717) is 29.1 Å². The van der Waals surface area contributed by atoms with E-state index >= 15 is 0 Å². The van der Waals surface area contributed by atoms with E-state index in [-0.39, 0.29) is 17.7 Å². The second-order valence-corrected chi connectivity index (χ2v) is 7.25. The first-order valence-corrected chi connectivity index (χ1v) is 10.4. The number of ether oxygens (including phenoxy) is 2. The molecule has 2 aromatic heterocycles. The van der Waals surface area contributed by atoms with Crippen LogP contribution in [0, 0.1) is 0 Å². The Kier molecular flexibility index (Phi) is 8.12. The monoisotopic (exact) mass is 466 g/mol. The Morgan fingerprint density at radius 3 is 1.91 bits per heavy atom. The lowest BCUT2D eigenvalue weighted by Gasteiger charge is -2.13. The summed E-state index contributed by atoms with van der Waals surface area (Å²) in [6, 6.07) is 10.6. The van der Waals surface area contributed by atoms with Crippen molar-refractivity contribution >= 4 is 22.1 Å². The zero-order valence-electron chi connectivity index (χ0n) is 18.9. The molecule has 0 aliphatic rings. The van der Waals surface area contributed by atoms with Gasteiger partial charge in [0.1, 0.15) is 11.5 Å². The summed E-state index contributed by atoms with van der Waals surface area (Å²) in [6.07, 6.45) is 3.21. The van der Waals surface area contributed by atoms with Gasteiger partial charge in [0.05, 0.1) is 67.9 Å². The molecule has 0 radical (unpaired) electrons. The number of benzene rings is 2. The molecule has 0 spiro atoms. The van der Waals surface area contributed by atoms with Crippen molar-refractivity contribution in [3.63, 3.8) is 0 Å². The Bertz CT molecular complexity index is 1410. The van der Waals surface area contributed by atoms with Crippen molar-refractivity contribution in [3.05, 3.63) is 82.2 Å². The first-order valence-electron chi connectivity index (χ1n) is 10.4. The van der Waals surface area contributed by atoms with Gasteiger partial charge in [0.15, 0.2) is 0 Å². The topological polar surface area (TPSA) is 129 Å². The van der Waals surface area contributed by atoms with Gasteiger partial charge in [-0.1, -0.05) is 6.08 Å². The van der Waals surface area contributed by atoms with Crippen LogP contribution in [0.15, 0.2) is 71.0 Å². The zero-order chi connectivity index (χ0) is 24.7. The molecule has 1 unspecified atom stereocenters. The highest BCUT2D eigenvalue weighted by molar-refractivity contribution is 5.77. The van der Waals surface area contributed by atoms with E-state index in [1.165, 1.54) is 24.1 Å². The minimum atomic E-state index is -0.987. The van der Waals surface area contributed by atoms with E-state index in [1.54, 1.807) is 42.0 Å². The molecule has 1 atom stereocenters. The van der Waals surface area contributed by atoms with Crippen molar-refractivity contribution in [1.29, 1.82) is 0 Å². The molecule has 10 nitrogen and oxygen atoms in total. The van der Waals surface area contributed by atoms with E-state index in [9.17, 15) is 14.7 Å². The third kappa shape index (κ3) is 5.48. The summed E-state index contributed by atoms with van der Waals surface area (Å²) in [5, 5.41) is 18.3. The first kappa shape index (κ1) is 24.6. The van der Waals surface area contributed by atoms with Crippen LogP contribution in [-0.2, 0) is 13.1 Å². The molecule has 0 saturated carbocycles. The molecule has 0 aliphatic heterocycles. The van der Waals surface area contributed by atoms with Gasteiger partial charge < -0.3 is 28.8 Å². The summed E-state index contributed by atoms with van der Waals surface area (Å²) in [7, 11) is 3.12. The number of hydrogen-bond donors (Lipinski definition) is 2. The van der Waals surface area contributed by atoms with Crippen LogP contribution < -0.4 is 20.6 Å². The normalized spacial score (nSPS) is 11.5. The van der Waals surface area contributed by atoms with E-state index in [0.717, 1.165) is 11.0 Å². The fourth-order valence-corrected chi connectivity index (χ4v) is 3.31. The predicted octanol–water partition coefficient (Wildman–Crippen LogP) is 1.35. The largest absolute Gasteiger partial charge is 0.497 e. The van der Waals surface area contributed by atoms with Crippen molar-refractivity contribution in [1.82, 2.24) is 19.1 Å². The number of nitrogens with zero attached hydrogens (tertiary/aromatic N) is 4. The van der Waals surface area contributed by atoms with E-state index in [4.69, 9.17) is 14.6 Å². The average molecular weight is 466 g/mol. The molecule has 4 rings (SSSR count). The van der Waals surface area contributed by atoms with Crippen LogP contribution in [-0.4, -0.2) is 56.2 Å². The van der Waals surface area contributed by atoms with Crippen LogP contribution in [0.25, 0.3) is 22.1 Å². The van der Waals surface area contributed by atoms with Gasteiger partial charge in [-0.15, -0.1) is 6.58 Å². The number of allylic oxidation sites excluding steroid dienone is 1. The minimum Gasteiger partial charge on any atom is -0.497 e. The van der Waals surface area contributed by atoms with E-state index < -0.39 is 12.7 Å². The summed E-state index contributed by atoms with van der Waals surface area (Å²) in [5.41, 5.74) is 2.24. The fraction of sp³-hybridized carbons (Fsp3) is 0.250. The Hall–Kier alpha value is -4.02. The minimum absolute atomic E-state index is 0.0154. The maximum Gasteiger partial charge on any atom is 0.269 e. The number of rotatable bonds is 7. The smallest absolute Gasteiger partial charge is 0.269 e. The second kappa shape index (κ2) is 11.2. The average Bonchev–Trinajstić information content (AvgIpc) is 2.87. The molecule has 2 aromatic carbocycles. The maximum absolute atomic E-state index is 11.8. The third-order valence-corrected chi connectivity index (χ3v) is 5.02. The highest BCUT2D eigenvalue weighted by Gasteiger charge is 2.10. The van der Waals surface area contributed by atoms with E-state index in [2.05, 4.69) is 16.5 Å². The standard InChI is InChI=1S/C12H14N2O4.C12H12N2O2/c1-18-9-2-3-10-11(4-9)14(6-8(16)7-15)12(17)5-13-10;1-3-6-14-11-7-9(16-2)4-5-10(11)13-8-12(14)15/h2-5,8,15-16H,6-7H2,1H3;3-5,7-8H,1,6H2,2H3. The highest BCUT2D eigenvalue weighted by Crippen LogP contribution is 2.18. The van der Waals surface area contributed by atoms with Gasteiger partial charge in [0.2, 0.25) is 0 Å². The van der Waals surface area contributed by atoms with Gasteiger partial charge >= 0.3 is 0 Å². The fourth-order valence-electron chi connectivity index (χ4n) is 3.31. The van der Waals surface area contributed by atoms with Crippen LogP contribution in [0.2, 0.25) is 0 Å². The van der Waals surface area contributed by atoms with Crippen molar-refractivity contribution < 1.29 is 19.7 Å².